The van der Waals surface area contributed by atoms with Gasteiger partial charge < -0.3 is 28.4 Å². The minimum absolute atomic E-state index is 0.00465. The first-order valence-corrected chi connectivity index (χ1v) is 21.8. The molecule has 0 spiro atoms. The molecule has 0 aromatic heterocycles. The number of esters is 6. The van der Waals surface area contributed by atoms with E-state index in [0.717, 1.165) is 72.7 Å². The molecule has 3 rings (SSSR count). The second-order valence-corrected chi connectivity index (χ2v) is 16.5. The Bertz CT molecular complexity index is 1450. The average molecular weight is 827 g/mol. The zero-order chi connectivity index (χ0) is 39.9. The first-order valence-electron chi connectivity index (χ1n) is 18.5. The predicted octanol–water partition coefficient (Wildman–Crippen LogP) is 9.00. The number of carbonyl (C=O) groups is 6. The van der Waals surface area contributed by atoms with E-state index in [1.54, 1.807) is 27.7 Å². The van der Waals surface area contributed by atoms with Gasteiger partial charge >= 0.3 is 35.8 Å². The van der Waals surface area contributed by atoms with Gasteiger partial charge in [-0.1, -0.05) is 100 Å². The van der Waals surface area contributed by atoms with Crippen molar-refractivity contribution in [3.05, 3.63) is 19.6 Å². The zero-order valence-corrected chi connectivity index (χ0v) is 35.4. The summed E-state index contributed by atoms with van der Waals surface area (Å²) in [6.07, 6.45) is 5.57. The van der Waals surface area contributed by atoms with Gasteiger partial charge in [-0.25, -0.2) is 19.2 Å². The van der Waals surface area contributed by atoms with Crippen molar-refractivity contribution in [2.75, 3.05) is 26.4 Å². The lowest BCUT2D eigenvalue weighted by molar-refractivity contribution is -0.148. The number of benzene rings is 1. The molecule has 2 unspecified atom stereocenters. The largest absolute Gasteiger partial charge is 0.462 e. The number of fused-ring (bicyclic) bond motifs is 2. The zero-order valence-electron chi connectivity index (χ0n) is 32.2. The highest BCUT2D eigenvalue weighted by molar-refractivity contribution is 8.26. The van der Waals surface area contributed by atoms with Crippen molar-refractivity contribution in [2.45, 2.75) is 126 Å². The Morgan fingerprint density at radius 3 is 0.963 bits per heavy atom. The van der Waals surface area contributed by atoms with Crippen molar-refractivity contribution in [3.63, 3.8) is 0 Å². The number of carbonyl (C=O) groups excluding carboxylic acids is 6. The van der Waals surface area contributed by atoms with E-state index in [-0.39, 0.29) is 57.5 Å². The van der Waals surface area contributed by atoms with Gasteiger partial charge in [-0.05, 0) is 53.4 Å². The SMILES string of the molecule is CCCCC(CC)C(=O)Oc1c2c(c(OC(=O)C(CC)CCCC)c3c1SC(=C(C(=O)OCC)C(=O)OCC)S3)SC(=C(C(=O)OCC)C(=O)OCC)S2. The van der Waals surface area contributed by atoms with Crippen molar-refractivity contribution in [1.29, 1.82) is 0 Å². The van der Waals surface area contributed by atoms with Gasteiger partial charge in [0.25, 0.3) is 0 Å². The number of rotatable bonds is 20. The highest BCUT2D eigenvalue weighted by atomic mass is 32.2. The molecule has 16 heteroatoms. The van der Waals surface area contributed by atoms with Crippen LogP contribution in [0, 0.1) is 11.8 Å². The minimum atomic E-state index is -0.901. The molecule has 0 aliphatic carbocycles. The molecular formula is C38H50O12S4. The molecule has 2 aliphatic rings. The Hall–Kier alpha value is -3.08. The monoisotopic (exact) mass is 826 g/mol. The van der Waals surface area contributed by atoms with Crippen LogP contribution < -0.4 is 9.47 Å². The van der Waals surface area contributed by atoms with Crippen LogP contribution in [0.4, 0.5) is 0 Å². The molecule has 0 saturated heterocycles. The van der Waals surface area contributed by atoms with Crippen molar-refractivity contribution in [3.8, 4) is 11.5 Å². The normalized spacial score (nSPS) is 14.0. The van der Waals surface area contributed by atoms with E-state index < -0.39 is 47.7 Å². The lowest BCUT2D eigenvalue weighted by Gasteiger charge is -2.20. The summed E-state index contributed by atoms with van der Waals surface area (Å²) in [5, 5.41) is 0. The molecule has 54 heavy (non-hydrogen) atoms. The first kappa shape index (κ1) is 45.3. The van der Waals surface area contributed by atoms with E-state index in [1.165, 1.54) is 0 Å². The molecule has 1 aromatic carbocycles. The molecule has 298 valence electrons. The Kier molecular flexibility index (Phi) is 18.9. The number of unbranched alkanes of at least 4 members (excludes halogenated alkanes) is 2. The minimum Gasteiger partial charge on any atom is -0.462 e. The van der Waals surface area contributed by atoms with Gasteiger partial charge in [0.2, 0.25) is 0 Å². The van der Waals surface area contributed by atoms with Crippen LogP contribution >= 0.6 is 47.0 Å². The van der Waals surface area contributed by atoms with Gasteiger partial charge in [-0.2, -0.15) is 0 Å². The van der Waals surface area contributed by atoms with Crippen LogP contribution in [0.5, 0.6) is 11.5 Å². The summed E-state index contributed by atoms with van der Waals surface area (Å²) >= 11 is 3.93. The van der Waals surface area contributed by atoms with E-state index in [4.69, 9.17) is 28.4 Å². The van der Waals surface area contributed by atoms with Gasteiger partial charge in [-0.15, -0.1) is 0 Å². The maximum absolute atomic E-state index is 13.9. The summed E-state index contributed by atoms with van der Waals surface area (Å²) in [5.74, 6) is -5.31. The van der Waals surface area contributed by atoms with Gasteiger partial charge in [0.15, 0.2) is 22.6 Å². The predicted molar refractivity (Wildman–Crippen MR) is 208 cm³/mol. The van der Waals surface area contributed by atoms with Crippen LogP contribution in [0.1, 0.15) is 107 Å². The fourth-order valence-corrected chi connectivity index (χ4v) is 10.8. The quantitative estimate of drug-likeness (QED) is 0.0306. The van der Waals surface area contributed by atoms with Crippen molar-refractivity contribution in [2.24, 2.45) is 11.8 Å². The van der Waals surface area contributed by atoms with Crippen LogP contribution in [0.15, 0.2) is 39.2 Å². The second-order valence-electron chi connectivity index (χ2n) is 11.9. The molecule has 0 N–H and O–H groups in total. The van der Waals surface area contributed by atoms with E-state index >= 15 is 0 Å². The Morgan fingerprint density at radius 2 is 0.741 bits per heavy atom. The Balaban J connectivity index is 2.42. The third-order valence-electron chi connectivity index (χ3n) is 8.21. The fourth-order valence-electron chi connectivity index (χ4n) is 5.35. The maximum atomic E-state index is 13.9. The smallest absolute Gasteiger partial charge is 0.347 e. The van der Waals surface area contributed by atoms with Crippen molar-refractivity contribution < 1.29 is 57.2 Å². The molecule has 2 aliphatic heterocycles. The number of thioether (sulfide) groups is 4. The van der Waals surface area contributed by atoms with E-state index in [1.807, 2.05) is 27.7 Å². The molecule has 2 heterocycles. The molecule has 12 nitrogen and oxygen atoms in total. The summed E-state index contributed by atoms with van der Waals surface area (Å²) in [7, 11) is 0. The molecular weight excluding hydrogens is 777 g/mol. The molecule has 1 aromatic rings. The standard InChI is InChI=1S/C38H50O12S4/c1-9-17-19-21(11-3)31(39)49-25-27-29(53-37(51-27)23(33(41)45-13-5)34(42)46-14-6)26(50-32(40)22(12-4)20-18-10-2)30-28(25)52-38(54-30)24(35(43)47-15-7)36(44)48-16-8/h21-22H,9-20H2,1-8H3. The second kappa shape index (κ2) is 22.5. The summed E-state index contributed by atoms with van der Waals surface area (Å²) in [6, 6.07) is 0. The molecule has 2 atom stereocenters. The Labute approximate surface area is 334 Å². The van der Waals surface area contributed by atoms with Crippen molar-refractivity contribution >= 4 is 82.9 Å². The molecule has 0 amide bonds. The van der Waals surface area contributed by atoms with Crippen molar-refractivity contribution in [1.82, 2.24) is 0 Å². The lowest BCUT2D eigenvalue weighted by Crippen LogP contribution is -2.22. The van der Waals surface area contributed by atoms with E-state index in [0.29, 0.717) is 45.3 Å². The van der Waals surface area contributed by atoms with Gasteiger partial charge in [0, 0.05) is 0 Å². The highest BCUT2D eigenvalue weighted by Gasteiger charge is 2.43. The third-order valence-corrected chi connectivity index (χ3v) is 13.4. The number of hydrogen-bond acceptors (Lipinski definition) is 16. The summed E-state index contributed by atoms with van der Waals surface area (Å²) in [4.78, 5) is 82.0. The average Bonchev–Trinajstić information content (AvgIpc) is 3.76. The fraction of sp³-hybridized carbons (Fsp3) is 0.579. The van der Waals surface area contributed by atoms with E-state index in [2.05, 4.69) is 0 Å². The number of hydrogen-bond donors (Lipinski definition) is 0. The van der Waals surface area contributed by atoms with Crippen LogP contribution in [0.2, 0.25) is 0 Å². The van der Waals surface area contributed by atoms with Crippen LogP contribution in [0.3, 0.4) is 0 Å². The highest BCUT2D eigenvalue weighted by Crippen LogP contribution is 2.68. The van der Waals surface area contributed by atoms with Crippen LogP contribution in [-0.4, -0.2) is 62.2 Å². The summed E-state index contributed by atoms with van der Waals surface area (Å²) in [5.41, 5.74) is -0.702. The van der Waals surface area contributed by atoms with Crippen LogP contribution in [0.25, 0.3) is 0 Å². The number of ether oxygens (including phenoxy) is 6. The molecule has 0 fully saturated rings. The van der Waals surface area contributed by atoms with Gasteiger partial charge in [0.1, 0.15) is 0 Å². The maximum Gasteiger partial charge on any atom is 0.347 e. The molecule has 0 bridgehead atoms. The first-order chi connectivity index (χ1) is 26.0. The molecule has 0 radical (unpaired) electrons. The topological polar surface area (TPSA) is 158 Å². The Morgan fingerprint density at radius 1 is 0.463 bits per heavy atom. The van der Waals surface area contributed by atoms with Crippen LogP contribution in [-0.2, 0) is 47.7 Å². The summed E-state index contributed by atoms with van der Waals surface area (Å²) < 4.78 is 33.9. The summed E-state index contributed by atoms with van der Waals surface area (Å²) in [6.45, 7) is 14.3. The molecule has 0 saturated carbocycles. The van der Waals surface area contributed by atoms with Gasteiger partial charge in [-0.3, -0.25) is 9.59 Å². The third kappa shape index (κ3) is 11.0. The van der Waals surface area contributed by atoms with E-state index in [9.17, 15) is 28.8 Å². The lowest BCUT2D eigenvalue weighted by atomic mass is 10.00. The van der Waals surface area contributed by atoms with Gasteiger partial charge in [0.05, 0.1) is 66.3 Å².